The van der Waals surface area contributed by atoms with Gasteiger partial charge in [0.2, 0.25) is 0 Å². The van der Waals surface area contributed by atoms with Crippen LogP contribution in [-0.2, 0) is 5.41 Å². The molecule has 0 fully saturated rings. The molecule has 14 heavy (non-hydrogen) atoms. The Morgan fingerprint density at radius 1 is 1.14 bits per heavy atom. The van der Waals surface area contributed by atoms with Crippen molar-refractivity contribution in [2.45, 2.75) is 39.5 Å². The van der Waals surface area contributed by atoms with Crippen molar-refractivity contribution in [1.82, 2.24) is 0 Å². The number of hydrogen-bond acceptors (Lipinski definition) is 0. The second-order valence-electron chi connectivity index (χ2n) is 4.62. The van der Waals surface area contributed by atoms with E-state index in [1.165, 1.54) is 6.07 Å². The molecule has 0 radical (unpaired) electrons. The van der Waals surface area contributed by atoms with Crippen molar-refractivity contribution in [3.05, 3.63) is 34.9 Å². The summed E-state index contributed by atoms with van der Waals surface area (Å²) >= 11 is 0. The highest BCUT2D eigenvalue weighted by Crippen LogP contribution is 2.28. The highest BCUT2D eigenvalue weighted by molar-refractivity contribution is 5.34. The molecule has 1 rings (SSSR count). The molecule has 0 spiro atoms. The minimum atomic E-state index is -2.37. The molecule has 0 atom stereocenters. The van der Waals surface area contributed by atoms with E-state index in [1.54, 1.807) is 13.0 Å². The molecular formula is C12H16F2. The van der Waals surface area contributed by atoms with E-state index in [0.717, 1.165) is 5.56 Å². The zero-order valence-electron chi connectivity index (χ0n) is 9.07. The Morgan fingerprint density at radius 3 is 2.07 bits per heavy atom. The Kier molecular flexibility index (Phi) is 2.93. The summed E-state index contributed by atoms with van der Waals surface area (Å²) in [4.78, 5) is 0. The van der Waals surface area contributed by atoms with Gasteiger partial charge in [0, 0.05) is 5.56 Å². The lowest BCUT2D eigenvalue weighted by atomic mass is 9.85. The first-order chi connectivity index (χ1) is 6.32. The lowest BCUT2D eigenvalue weighted by Gasteiger charge is -2.20. The smallest absolute Gasteiger partial charge is 0.205 e. The molecule has 0 amide bonds. The highest BCUT2D eigenvalue weighted by Gasteiger charge is 2.16. The van der Waals surface area contributed by atoms with E-state index < -0.39 is 6.43 Å². The Balaban J connectivity index is 3.13. The molecule has 0 aliphatic heterocycles. The number of halogens is 2. The Labute approximate surface area is 84.0 Å². The van der Waals surface area contributed by atoms with Crippen LogP contribution in [-0.4, -0.2) is 0 Å². The molecule has 1 aromatic carbocycles. The fraction of sp³-hybridized carbons (Fsp3) is 0.500. The normalized spacial score (nSPS) is 12.2. The first-order valence-electron chi connectivity index (χ1n) is 4.71. The van der Waals surface area contributed by atoms with Crippen LogP contribution in [0.25, 0.3) is 0 Å². The van der Waals surface area contributed by atoms with Crippen molar-refractivity contribution in [2.75, 3.05) is 0 Å². The topological polar surface area (TPSA) is 0 Å². The fourth-order valence-electron chi connectivity index (χ4n) is 1.39. The predicted molar refractivity (Wildman–Crippen MR) is 54.8 cm³/mol. The van der Waals surface area contributed by atoms with Crippen molar-refractivity contribution >= 4 is 0 Å². The third kappa shape index (κ3) is 2.31. The molecule has 0 bridgehead atoms. The van der Waals surface area contributed by atoms with E-state index in [0.29, 0.717) is 5.56 Å². The quantitative estimate of drug-likeness (QED) is 0.633. The number of hydrogen-bond donors (Lipinski definition) is 0. The van der Waals surface area contributed by atoms with Crippen LogP contribution in [0.5, 0.6) is 0 Å². The SMILES string of the molecule is Cc1cc(C(C)(C)C)ccc1C(F)F. The third-order valence-electron chi connectivity index (χ3n) is 2.37. The number of aryl methyl sites for hydroxylation is 1. The molecule has 0 saturated carbocycles. The van der Waals surface area contributed by atoms with Crippen molar-refractivity contribution in [3.8, 4) is 0 Å². The van der Waals surface area contributed by atoms with Gasteiger partial charge in [0.15, 0.2) is 0 Å². The predicted octanol–water partition coefficient (Wildman–Crippen LogP) is 4.23. The molecule has 0 N–H and O–H groups in total. The summed E-state index contributed by atoms with van der Waals surface area (Å²) in [5.41, 5.74) is 1.93. The average Bonchev–Trinajstić information content (AvgIpc) is 2.01. The van der Waals surface area contributed by atoms with Gasteiger partial charge in [0.05, 0.1) is 0 Å². The zero-order chi connectivity index (χ0) is 10.9. The van der Waals surface area contributed by atoms with E-state index in [-0.39, 0.29) is 11.0 Å². The summed E-state index contributed by atoms with van der Waals surface area (Å²) in [6, 6.07) is 5.16. The van der Waals surface area contributed by atoms with E-state index in [4.69, 9.17) is 0 Å². The van der Waals surface area contributed by atoms with Crippen molar-refractivity contribution in [1.29, 1.82) is 0 Å². The molecule has 0 nitrogen and oxygen atoms in total. The number of alkyl halides is 2. The number of benzene rings is 1. The van der Waals surface area contributed by atoms with Crippen LogP contribution >= 0.6 is 0 Å². The van der Waals surface area contributed by atoms with Gasteiger partial charge in [0.1, 0.15) is 0 Å². The van der Waals surface area contributed by atoms with Gasteiger partial charge in [-0.1, -0.05) is 39.0 Å². The second-order valence-corrected chi connectivity index (χ2v) is 4.62. The van der Waals surface area contributed by atoms with Crippen LogP contribution in [0.4, 0.5) is 8.78 Å². The Bertz CT molecular complexity index is 322. The van der Waals surface area contributed by atoms with Gasteiger partial charge >= 0.3 is 0 Å². The number of rotatable bonds is 1. The summed E-state index contributed by atoms with van der Waals surface area (Å²) in [6.45, 7) is 7.95. The summed E-state index contributed by atoms with van der Waals surface area (Å²) in [5.74, 6) is 0. The van der Waals surface area contributed by atoms with Crippen molar-refractivity contribution < 1.29 is 8.78 Å². The highest BCUT2D eigenvalue weighted by atomic mass is 19.3. The van der Waals surface area contributed by atoms with Crippen LogP contribution < -0.4 is 0 Å². The van der Waals surface area contributed by atoms with E-state index in [2.05, 4.69) is 20.8 Å². The van der Waals surface area contributed by atoms with Gasteiger partial charge in [-0.05, 0) is 23.5 Å². The molecule has 78 valence electrons. The first-order valence-corrected chi connectivity index (χ1v) is 4.71. The van der Waals surface area contributed by atoms with Gasteiger partial charge in [-0.2, -0.15) is 0 Å². The summed E-state index contributed by atoms with van der Waals surface area (Å²) in [5, 5.41) is 0. The van der Waals surface area contributed by atoms with Gasteiger partial charge in [0.25, 0.3) is 6.43 Å². The summed E-state index contributed by atoms with van der Waals surface area (Å²) in [7, 11) is 0. The lowest BCUT2D eigenvalue weighted by molar-refractivity contribution is 0.150. The minimum absolute atomic E-state index is 0.0193. The molecule has 0 aromatic heterocycles. The maximum Gasteiger partial charge on any atom is 0.264 e. The summed E-state index contributed by atoms with van der Waals surface area (Å²) in [6.07, 6.45) is -2.37. The van der Waals surface area contributed by atoms with Gasteiger partial charge < -0.3 is 0 Å². The van der Waals surface area contributed by atoms with Crippen LogP contribution in [0, 0.1) is 6.92 Å². The van der Waals surface area contributed by atoms with Crippen LogP contribution in [0.2, 0.25) is 0 Å². The third-order valence-corrected chi connectivity index (χ3v) is 2.37. The van der Waals surface area contributed by atoms with Gasteiger partial charge in [-0.3, -0.25) is 0 Å². The molecule has 0 unspecified atom stereocenters. The molecule has 0 saturated heterocycles. The largest absolute Gasteiger partial charge is 0.264 e. The maximum atomic E-state index is 12.5. The Morgan fingerprint density at radius 2 is 1.71 bits per heavy atom. The van der Waals surface area contributed by atoms with Gasteiger partial charge in [-0.15, -0.1) is 0 Å². The van der Waals surface area contributed by atoms with E-state index in [1.807, 2.05) is 6.07 Å². The summed E-state index contributed by atoms with van der Waals surface area (Å²) < 4.78 is 24.9. The Hall–Kier alpha value is -0.920. The van der Waals surface area contributed by atoms with Crippen LogP contribution in [0.3, 0.4) is 0 Å². The molecule has 2 heteroatoms. The van der Waals surface area contributed by atoms with Crippen LogP contribution in [0.1, 0.15) is 43.9 Å². The minimum Gasteiger partial charge on any atom is -0.205 e. The van der Waals surface area contributed by atoms with Crippen molar-refractivity contribution in [2.24, 2.45) is 0 Å². The average molecular weight is 198 g/mol. The maximum absolute atomic E-state index is 12.5. The standard InChI is InChI=1S/C12H16F2/c1-8-7-9(12(2,3)4)5-6-10(8)11(13)14/h5-7,11H,1-4H3. The molecular weight excluding hydrogens is 182 g/mol. The zero-order valence-corrected chi connectivity index (χ0v) is 9.07. The van der Waals surface area contributed by atoms with E-state index >= 15 is 0 Å². The molecule has 0 heterocycles. The second kappa shape index (κ2) is 3.68. The van der Waals surface area contributed by atoms with Crippen LogP contribution in [0.15, 0.2) is 18.2 Å². The molecule has 1 aromatic rings. The monoisotopic (exact) mass is 198 g/mol. The lowest BCUT2D eigenvalue weighted by Crippen LogP contribution is -2.11. The van der Waals surface area contributed by atoms with Crippen molar-refractivity contribution in [3.63, 3.8) is 0 Å². The fourth-order valence-corrected chi connectivity index (χ4v) is 1.39. The van der Waals surface area contributed by atoms with Gasteiger partial charge in [-0.25, -0.2) is 8.78 Å². The molecule has 0 aliphatic carbocycles. The first kappa shape index (κ1) is 11.2. The van der Waals surface area contributed by atoms with E-state index in [9.17, 15) is 8.78 Å². The molecule has 0 aliphatic rings.